The summed E-state index contributed by atoms with van der Waals surface area (Å²) in [4.78, 5) is 17.7. The Bertz CT molecular complexity index is 918. The van der Waals surface area contributed by atoms with Gasteiger partial charge in [0.2, 0.25) is 0 Å². The van der Waals surface area contributed by atoms with Crippen LogP contribution >= 0.6 is 23.4 Å². The topological polar surface area (TPSA) is 111 Å². The third-order valence-corrected chi connectivity index (χ3v) is 8.36. The number of benzene rings is 1. The largest absolute Gasteiger partial charge is 0.366 e. The van der Waals surface area contributed by atoms with Gasteiger partial charge < -0.3 is 15.3 Å². The number of thioether (sulfide) groups is 1. The predicted molar refractivity (Wildman–Crippen MR) is 115 cm³/mol. The van der Waals surface area contributed by atoms with Gasteiger partial charge in [-0.15, -0.1) is 0 Å². The third-order valence-electron chi connectivity index (χ3n) is 5.29. The SMILES string of the molecule is CN=C1SCC(O)(c2ccc(Cl)c(S(=O)(=O)NC(=O)NC3CCCCC3)c2)N1C. The summed E-state index contributed by atoms with van der Waals surface area (Å²) in [6.45, 7) is 0. The van der Waals surface area contributed by atoms with E-state index in [0.717, 1.165) is 32.1 Å². The molecule has 1 unspecified atom stereocenters. The zero-order valence-electron chi connectivity index (χ0n) is 16.3. The molecule has 1 saturated heterocycles. The molecule has 8 nitrogen and oxygen atoms in total. The Kier molecular flexibility index (Phi) is 6.67. The number of carbonyl (C=O) groups is 1. The van der Waals surface area contributed by atoms with Crippen molar-refractivity contribution in [2.75, 3.05) is 19.8 Å². The van der Waals surface area contributed by atoms with Gasteiger partial charge in [0.15, 0.2) is 10.9 Å². The molecule has 2 amide bonds. The Morgan fingerprint density at radius 2 is 2.03 bits per heavy atom. The molecule has 1 heterocycles. The van der Waals surface area contributed by atoms with Gasteiger partial charge in [-0.2, -0.15) is 0 Å². The van der Waals surface area contributed by atoms with Crippen LogP contribution in [-0.2, 0) is 15.7 Å². The maximum absolute atomic E-state index is 12.8. The molecule has 3 N–H and O–H groups in total. The van der Waals surface area contributed by atoms with E-state index in [4.69, 9.17) is 11.6 Å². The fourth-order valence-corrected chi connectivity index (χ4v) is 6.21. The first-order chi connectivity index (χ1) is 13.7. The summed E-state index contributed by atoms with van der Waals surface area (Å²) in [5.74, 6) is 0.285. The predicted octanol–water partition coefficient (Wildman–Crippen LogP) is 2.47. The van der Waals surface area contributed by atoms with Gasteiger partial charge in [-0.05, 0) is 25.0 Å². The van der Waals surface area contributed by atoms with Crippen molar-refractivity contribution in [3.63, 3.8) is 0 Å². The molecule has 3 rings (SSSR count). The number of aliphatic imine (C=N–C) groups is 1. The highest BCUT2D eigenvalue weighted by Crippen LogP contribution is 2.39. The van der Waals surface area contributed by atoms with Gasteiger partial charge in [-0.25, -0.2) is 17.9 Å². The van der Waals surface area contributed by atoms with E-state index in [1.54, 1.807) is 25.1 Å². The van der Waals surface area contributed by atoms with Gasteiger partial charge in [0, 0.05) is 25.7 Å². The summed E-state index contributed by atoms with van der Waals surface area (Å²) in [5.41, 5.74) is -1.08. The second kappa shape index (κ2) is 8.71. The van der Waals surface area contributed by atoms with E-state index in [9.17, 15) is 18.3 Å². The highest BCUT2D eigenvalue weighted by atomic mass is 35.5. The van der Waals surface area contributed by atoms with Crippen LogP contribution in [0, 0.1) is 0 Å². The van der Waals surface area contributed by atoms with Crippen LogP contribution in [0.3, 0.4) is 0 Å². The van der Waals surface area contributed by atoms with Crippen LogP contribution in [0.2, 0.25) is 5.02 Å². The lowest BCUT2D eigenvalue weighted by molar-refractivity contribution is -0.0349. The minimum absolute atomic E-state index is 0.0302. The van der Waals surface area contributed by atoms with Gasteiger partial charge in [0.25, 0.3) is 10.0 Å². The first-order valence-electron chi connectivity index (χ1n) is 9.36. The second-order valence-corrected chi connectivity index (χ2v) is 10.2. The highest BCUT2D eigenvalue weighted by Gasteiger charge is 2.43. The average Bonchev–Trinajstić information content (AvgIpc) is 2.97. The number of carbonyl (C=O) groups excluding carboxylic acids is 1. The number of nitrogens with zero attached hydrogens (tertiary/aromatic N) is 2. The molecule has 2 fully saturated rings. The number of aliphatic hydroxyl groups is 1. The Balaban J connectivity index is 1.82. The van der Waals surface area contributed by atoms with Crippen LogP contribution < -0.4 is 10.0 Å². The monoisotopic (exact) mass is 460 g/mol. The molecule has 0 spiro atoms. The number of urea groups is 1. The molecule has 1 aromatic carbocycles. The molecular formula is C18H25ClN4O4S2. The number of rotatable bonds is 4. The van der Waals surface area contributed by atoms with Gasteiger partial charge in [0.05, 0.1) is 10.8 Å². The van der Waals surface area contributed by atoms with Crippen LogP contribution in [0.25, 0.3) is 0 Å². The number of sulfonamides is 1. The summed E-state index contributed by atoms with van der Waals surface area (Å²) >= 11 is 7.49. The number of nitrogens with one attached hydrogen (secondary N) is 2. The minimum atomic E-state index is -4.22. The van der Waals surface area contributed by atoms with E-state index in [2.05, 4.69) is 10.3 Å². The molecule has 29 heavy (non-hydrogen) atoms. The summed E-state index contributed by atoms with van der Waals surface area (Å²) in [6.07, 6.45) is 4.82. The van der Waals surface area contributed by atoms with Crippen molar-refractivity contribution in [2.45, 2.75) is 48.8 Å². The van der Waals surface area contributed by atoms with Crippen LogP contribution in [0.5, 0.6) is 0 Å². The summed E-state index contributed by atoms with van der Waals surface area (Å²) in [7, 11) is -0.913. The van der Waals surface area contributed by atoms with E-state index in [-0.39, 0.29) is 21.7 Å². The molecule has 2 aliphatic rings. The summed E-state index contributed by atoms with van der Waals surface area (Å²) in [6, 6.07) is 3.47. The molecular weight excluding hydrogens is 436 g/mol. The standard InChI is InChI=1S/C18H25ClN4O4S2/c1-20-17-23(2)18(25,11-28-17)12-8-9-14(19)15(10-12)29(26,27)22-16(24)21-13-6-4-3-5-7-13/h8-10,13,25H,3-7,11H2,1-2H3,(H2,21,22,24). The zero-order valence-corrected chi connectivity index (χ0v) is 18.7. The lowest BCUT2D eigenvalue weighted by Crippen LogP contribution is -2.45. The van der Waals surface area contributed by atoms with Crippen molar-refractivity contribution >= 4 is 44.6 Å². The van der Waals surface area contributed by atoms with E-state index >= 15 is 0 Å². The number of halogens is 1. The fourth-order valence-electron chi connectivity index (χ4n) is 3.61. The van der Waals surface area contributed by atoms with Crippen molar-refractivity contribution in [3.05, 3.63) is 28.8 Å². The molecule has 1 aromatic rings. The van der Waals surface area contributed by atoms with Gasteiger partial charge >= 0.3 is 6.03 Å². The Morgan fingerprint density at radius 1 is 1.34 bits per heavy atom. The lowest BCUT2D eigenvalue weighted by atomic mass is 9.96. The highest BCUT2D eigenvalue weighted by molar-refractivity contribution is 8.14. The molecule has 1 aliphatic heterocycles. The third kappa shape index (κ3) is 4.65. The van der Waals surface area contributed by atoms with E-state index in [0.29, 0.717) is 10.7 Å². The Hall–Kier alpha value is -1.49. The van der Waals surface area contributed by atoms with Gasteiger partial charge in [0.1, 0.15) is 4.90 Å². The lowest BCUT2D eigenvalue weighted by Gasteiger charge is -2.31. The molecule has 0 radical (unpaired) electrons. The zero-order chi connectivity index (χ0) is 21.2. The van der Waals surface area contributed by atoms with Gasteiger partial charge in [-0.3, -0.25) is 4.99 Å². The van der Waals surface area contributed by atoms with Crippen LogP contribution in [0.4, 0.5) is 4.79 Å². The van der Waals surface area contributed by atoms with Gasteiger partial charge in [-0.1, -0.05) is 48.7 Å². The molecule has 11 heteroatoms. The normalized spacial score (nSPS) is 24.7. The number of hydrogen-bond acceptors (Lipinski definition) is 6. The Labute approximate surface area is 180 Å². The average molecular weight is 461 g/mol. The number of amides is 2. The van der Waals surface area contributed by atoms with Crippen molar-refractivity contribution in [1.29, 1.82) is 0 Å². The second-order valence-electron chi connectivity index (χ2n) is 7.23. The van der Waals surface area contributed by atoms with Crippen molar-refractivity contribution in [3.8, 4) is 0 Å². The Morgan fingerprint density at radius 3 is 2.66 bits per heavy atom. The van der Waals surface area contributed by atoms with E-state index < -0.39 is 21.8 Å². The summed E-state index contributed by atoms with van der Waals surface area (Å²) in [5, 5.41) is 14.4. The quantitative estimate of drug-likeness (QED) is 0.636. The molecule has 0 aromatic heterocycles. The first-order valence-corrected chi connectivity index (χ1v) is 12.2. The first kappa shape index (κ1) is 22.2. The van der Waals surface area contributed by atoms with Crippen LogP contribution in [0.15, 0.2) is 28.1 Å². The van der Waals surface area contributed by atoms with Crippen molar-refractivity contribution < 1.29 is 18.3 Å². The smallest absolute Gasteiger partial charge is 0.328 e. The maximum Gasteiger partial charge on any atom is 0.328 e. The minimum Gasteiger partial charge on any atom is -0.366 e. The van der Waals surface area contributed by atoms with E-state index in [1.165, 1.54) is 23.9 Å². The summed E-state index contributed by atoms with van der Waals surface area (Å²) < 4.78 is 27.6. The molecule has 1 atom stereocenters. The molecule has 1 aliphatic carbocycles. The molecule has 1 saturated carbocycles. The molecule has 160 valence electrons. The van der Waals surface area contributed by atoms with Crippen molar-refractivity contribution in [1.82, 2.24) is 14.9 Å². The number of hydrogen-bond donors (Lipinski definition) is 3. The number of amidine groups is 1. The van der Waals surface area contributed by atoms with Crippen molar-refractivity contribution in [2.24, 2.45) is 4.99 Å². The maximum atomic E-state index is 12.8. The van der Waals surface area contributed by atoms with Crippen LogP contribution in [-0.4, -0.2) is 55.5 Å². The molecule has 0 bridgehead atoms. The fraction of sp³-hybridized carbons (Fsp3) is 0.556. The van der Waals surface area contributed by atoms with Crippen LogP contribution in [0.1, 0.15) is 37.7 Å². The van der Waals surface area contributed by atoms with E-state index in [1.807, 2.05) is 4.72 Å².